The number of aryl methyl sites for hydroxylation is 1. The van der Waals surface area contributed by atoms with Crippen molar-refractivity contribution in [2.75, 3.05) is 25.0 Å². The van der Waals surface area contributed by atoms with E-state index in [-0.39, 0.29) is 24.4 Å². The summed E-state index contributed by atoms with van der Waals surface area (Å²) in [5.41, 5.74) is 1.71. The van der Waals surface area contributed by atoms with Crippen molar-refractivity contribution in [2.24, 2.45) is 18.9 Å². The second-order valence-corrected chi connectivity index (χ2v) is 8.93. The van der Waals surface area contributed by atoms with E-state index >= 15 is 0 Å². The fraction of sp³-hybridized carbons (Fsp3) is 0.478. The Balaban J connectivity index is 2.12. The summed E-state index contributed by atoms with van der Waals surface area (Å²) in [6.07, 6.45) is 1.97. The van der Waals surface area contributed by atoms with Crippen LogP contribution in [0.5, 0.6) is 0 Å². The molecule has 1 aromatic carbocycles. The SMILES string of the molecule is CC(C)CN(Cc1cccn1C)C(=O)CN(CC(C)C)C(=O)Nc1ccc(Cl)cc1. The van der Waals surface area contributed by atoms with Crippen molar-refractivity contribution in [1.82, 2.24) is 14.4 Å². The van der Waals surface area contributed by atoms with Crippen LogP contribution in [0.25, 0.3) is 0 Å². The molecule has 0 bridgehead atoms. The van der Waals surface area contributed by atoms with Crippen LogP contribution in [0.2, 0.25) is 5.02 Å². The largest absolute Gasteiger partial charge is 0.353 e. The van der Waals surface area contributed by atoms with E-state index in [4.69, 9.17) is 11.6 Å². The highest BCUT2D eigenvalue weighted by molar-refractivity contribution is 6.30. The third-order valence-electron chi connectivity index (χ3n) is 4.64. The maximum absolute atomic E-state index is 13.2. The molecule has 3 amide bonds. The molecule has 1 heterocycles. The molecule has 7 heteroatoms. The average molecular weight is 433 g/mol. The number of hydrogen-bond acceptors (Lipinski definition) is 2. The molecule has 0 saturated heterocycles. The highest BCUT2D eigenvalue weighted by Gasteiger charge is 2.23. The minimum Gasteiger partial charge on any atom is -0.353 e. The Kier molecular flexibility index (Phi) is 8.78. The zero-order valence-electron chi connectivity index (χ0n) is 18.6. The van der Waals surface area contributed by atoms with Crippen LogP contribution in [0, 0.1) is 11.8 Å². The Morgan fingerprint density at radius 3 is 2.13 bits per heavy atom. The van der Waals surface area contributed by atoms with Gasteiger partial charge in [-0.25, -0.2) is 4.79 Å². The number of nitrogens with zero attached hydrogens (tertiary/aromatic N) is 3. The molecular formula is C23H33ClN4O2. The third-order valence-corrected chi connectivity index (χ3v) is 4.89. The first-order valence-corrected chi connectivity index (χ1v) is 10.7. The Labute approximate surface area is 184 Å². The zero-order valence-corrected chi connectivity index (χ0v) is 19.3. The molecule has 0 aliphatic carbocycles. The molecule has 0 spiro atoms. The van der Waals surface area contributed by atoms with Gasteiger partial charge in [-0.05, 0) is 48.2 Å². The van der Waals surface area contributed by atoms with Gasteiger partial charge in [-0.3, -0.25) is 4.79 Å². The first-order valence-electron chi connectivity index (χ1n) is 10.3. The highest BCUT2D eigenvalue weighted by Crippen LogP contribution is 2.15. The summed E-state index contributed by atoms with van der Waals surface area (Å²) < 4.78 is 2.01. The van der Waals surface area contributed by atoms with Crippen molar-refractivity contribution in [2.45, 2.75) is 34.2 Å². The number of halogens is 1. The summed E-state index contributed by atoms with van der Waals surface area (Å²) in [5, 5.41) is 3.47. The fourth-order valence-electron chi connectivity index (χ4n) is 3.21. The number of urea groups is 1. The number of aromatic nitrogens is 1. The standard InChI is InChI=1S/C23H33ClN4O2/c1-17(2)13-27(15-21-7-6-12-26(21)5)22(29)16-28(14-18(3)4)23(30)25-20-10-8-19(24)9-11-20/h6-12,17-18H,13-16H2,1-5H3,(H,25,30). The van der Waals surface area contributed by atoms with Crippen LogP contribution >= 0.6 is 11.6 Å². The average Bonchev–Trinajstić information content (AvgIpc) is 3.06. The molecule has 6 nitrogen and oxygen atoms in total. The Hall–Kier alpha value is -2.47. The van der Waals surface area contributed by atoms with Crippen molar-refractivity contribution in [3.05, 3.63) is 53.3 Å². The quantitative estimate of drug-likeness (QED) is 0.615. The third kappa shape index (κ3) is 7.41. The van der Waals surface area contributed by atoms with Crippen molar-refractivity contribution in [3.63, 3.8) is 0 Å². The van der Waals surface area contributed by atoms with Crippen molar-refractivity contribution >= 4 is 29.2 Å². The summed E-state index contributed by atoms with van der Waals surface area (Å²) in [6, 6.07) is 10.6. The predicted octanol–water partition coefficient (Wildman–Crippen LogP) is 4.85. The van der Waals surface area contributed by atoms with Gasteiger partial charge in [0.2, 0.25) is 5.91 Å². The van der Waals surface area contributed by atoms with Gasteiger partial charge < -0.3 is 19.7 Å². The van der Waals surface area contributed by atoms with E-state index < -0.39 is 0 Å². The Bertz CT molecular complexity index is 830. The van der Waals surface area contributed by atoms with Gasteiger partial charge in [0, 0.05) is 42.7 Å². The molecule has 0 unspecified atom stereocenters. The number of amides is 3. The minimum atomic E-state index is -0.289. The normalized spacial score (nSPS) is 11.1. The van der Waals surface area contributed by atoms with Gasteiger partial charge in [0.05, 0.1) is 6.54 Å². The van der Waals surface area contributed by atoms with Gasteiger partial charge in [0.25, 0.3) is 0 Å². The molecule has 0 aliphatic heterocycles. The van der Waals surface area contributed by atoms with Crippen LogP contribution in [0.1, 0.15) is 33.4 Å². The summed E-state index contributed by atoms with van der Waals surface area (Å²) in [7, 11) is 1.97. The molecule has 164 valence electrons. The molecule has 30 heavy (non-hydrogen) atoms. The van der Waals surface area contributed by atoms with E-state index in [1.807, 2.05) is 48.7 Å². The van der Waals surface area contributed by atoms with Gasteiger partial charge >= 0.3 is 6.03 Å². The minimum absolute atomic E-state index is 0.0365. The molecule has 0 saturated carbocycles. The lowest BCUT2D eigenvalue weighted by molar-refractivity contribution is -0.133. The number of rotatable bonds is 9. The van der Waals surface area contributed by atoms with E-state index in [0.717, 1.165) is 5.69 Å². The lowest BCUT2D eigenvalue weighted by atomic mass is 10.2. The van der Waals surface area contributed by atoms with Gasteiger partial charge in [0.1, 0.15) is 6.54 Å². The lowest BCUT2D eigenvalue weighted by Gasteiger charge is -2.30. The van der Waals surface area contributed by atoms with Gasteiger partial charge in [-0.2, -0.15) is 0 Å². The maximum atomic E-state index is 13.2. The molecule has 2 rings (SSSR count). The highest BCUT2D eigenvalue weighted by atomic mass is 35.5. The Morgan fingerprint density at radius 2 is 1.60 bits per heavy atom. The molecule has 1 aromatic heterocycles. The predicted molar refractivity (Wildman–Crippen MR) is 123 cm³/mol. The molecule has 0 radical (unpaired) electrons. The van der Waals surface area contributed by atoms with Crippen LogP contribution in [0.4, 0.5) is 10.5 Å². The number of carbonyl (C=O) groups is 2. The lowest BCUT2D eigenvalue weighted by Crippen LogP contribution is -2.46. The second-order valence-electron chi connectivity index (χ2n) is 8.49. The zero-order chi connectivity index (χ0) is 22.3. The first-order chi connectivity index (χ1) is 14.2. The summed E-state index contributed by atoms with van der Waals surface area (Å²) >= 11 is 5.92. The van der Waals surface area contributed by atoms with Gasteiger partial charge in [-0.1, -0.05) is 39.3 Å². The van der Waals surface area contributed by atoms with E-state index in [2.05, 4.69) is 19.2 Å². The number of anilines is 1. The maximum Gasteiger partial charge on any atom is 0.322 e. The van der Waals surface area contributed by atoms with Crippen LogP contribution in [0.3, 0.4) is 0 Å². The Morgan fingerprint density at radius 1 is 1.00 bits per heavy atom. The van der Waals surface area contributed by atoms with Crippen LogP contribution in [-0.2, 0) is 18.4 Å². The van der Waals surface area contributed by atoms with Crippen molar-refractivity contribution in [1.29, 1.82) is 0 Å². The van der Waals surface area contributed by atoms with Gasteiger partial charge in [-0.15, -0.1) is 0 Å². The van der Waals surface area contributed by atoms with Gasteiger partial charge in [0.15, 0.2) is 0 Å². The monoisotopic (exact) mass is 432 g/mol. The number of benzene rings is 1. The van der Waals surface area contributed by atoms with Crippen LogP contribution in [-0.4, -0.2) is 45.9 Å². The van der Waals surface area contributed by atoms with Crippen LogP contribution in [0.15, 0.2) is 42.6 Å². The van der Waals surface area contributed by atoms with E-state index in [1.54, 1.807) is 29.2 Å². The molecule has 1 N–H and O–H groups in total. The molecule has 0 aliphatic rings. The summed E-state index contributed by atoms with van der Waals surface area (Å²) in [5.74, 6) is 0.507. The number of hydrogen-bond donors (Lipinski definition) is 1. The first kappa shape index (κ1) is 23.8. The molecule has 0 fully saturated rings. The number of nitrogens with one attached hydrogen (secondary N) is 1. The summed E-state index contributed by atoms with van der Waals surface area (Å²) in [6.45, 7) is 9.92. The fourth-order valence-corrected chi connectivity index (χ4v) is 3.34. The number of carbonyl (C=O) groups excluding carboxylic acids is 2. The topological polar surface area (TPSA) is 57.6 Å². The second kappa shape index (κ2) is 11.1. The van der Waals surface area contributed by atoms with Crippen molar-refractivity contribution in [3.8, 4) is 0 Å². The van der Waals surface area contributed by atoms with E-state index in [1.165, 1.54) is 0 Å². The van der Waals surface area contributed by atoms with Crippen molar-refractivity contribution < 1.29 is 9.59 Å². The molecule has 2 aromatic rings. The van der Waals surface area contributed by atoms with E-state index in [0.29, 0.717) is 36.3 Å². The molecular weight excluding hydrogens is 400 g/mol. The van der Waals surface area contributed by atoms with Crippen LogP contribution < -0.4 is 5.32 Å². The summed E-state index contributed by atoms with van der Waals surface area (Å²) in [4.78, 5) is 29.5. The molecule has 0 atom stereocenters. The smallest absolute Gasteiger partial charge is 0.322 e. The van der Waals surface area contributed by atoms with E-state index in [9.17, 15) is 9.59 Å².